The molecule has 1 rings (SSSR count). The molecule has 1 aromatic heterocycles. The molecule has 0 atom stereocenters. The van der Waals surface area contributed by atoms with E-state index in [0.717, 1.165) is 0 Å². The van der Waals surface area contributed by atoms with Crippen LogP contribution in [-0.4, -0.2) is 4.98 Å². The van der Waals surface area contributed by atoms with E-state index >= 15 is 0 Å². The minimum atomic E-state index is -0.0532. The molecule has 10 heavy (non-hydrogen) atoms. The molecule has 0 amide bonds. The molecule has 0 aliphatic rings. The van der Waals surface area contributed by atoms with Crippen LogP contribution in [0.25, 0.3) is 0 Å². The highest BCUT2D eigenvalue weighted by atomic mass is 16.1. The molecule has 2 nitrogen and oxygen atoms in total. The summed E-state index contributed by atoms with van der Waals surface area (Å²) in [5, 5.41) is 0. The van der Waals surface area contributed by atoms with Crippen LogP contribution in [0.15, 0.2) is 29.2 Å². The zero-order chi connectivity index (χ0) is 7.82. The molecule has 0 aliphatic carbocycles. The van der Waals surface area contributed by atoms with Crippen molar-refractivity contribution < 1.29 is 0 Å². The molecule has 0 fully saturated rings. The third kappa shape index (κ3) is 4.66. The lowest BCUT2D eigenvalue weighted by atomic mass is 10.5. The van der Waals surface area contributed by atoms with Crippen LogP contribution in [0.4, 0.5) is 0 Å². The molecule has 0 unspecified atom stereocenters. The van der Waals surface area contributed by atoms with E-state index in [9.17, 15) is 4.79 Å². The molecule has 2 heteroatoms. The Labute approximate surface area is 59.9 Å². The van der Waals surface area contributed by atoms with Gasteiger partial charge in [0.1, 0.15) is 0 Å². The minimum absolute atomic E-state index is 0.0532. The Kier molecular flexibility index (Phi) is 4.80. The maximum Gasteiger partial charge on any atom is 0.247 e. The second-order valence-electron chi connectivity index (χ2n) is 1.52. The number of nitrogens with one attached hydrogen (secondary N) is 1. The summed E-state index contributed by atoms with van der Waals surface area (Å²) in [4.78, 5) is 12.7. The molecule has 0 radical (unpaired) electrons. The maximum atomic E-state index is 10.2. The van der Waals surface area contributed by atoms with Crippen LogP contribution < -0.4 is 5.56 Å². The molecular formula is C8H9NO. The summed E-state index contributed by atoms with van der Waals surface area (Å²) in [6.07, 6.45) is 6.20. The lowest BCUT2D eigenvalue weighted by molar-refractivity contribution is 1.24. The van der Waals surface area contributed by atoms with Crippen molar-refractivity contribution in [1.82, 2.24) is 4.98 Å². The SMILES string of the molecule is C#CC.O=c1cccc[nH]1. The first-order chi connectivity index (χ1) is 4.81. The van der Waals surface area contributed by atoms with Crippen molar-refractivity contribution >= 4 is 0 Å². The van der Waals surface area contributed by atoms with Crippen LogP contribution in [0.5, 0.6) is 0 Å². The average Bonchev–Trinajstić information content (AvgIpc) is 1.91. The first-order valence-electron chi connectivity index (χ1n) is 2.82. The van der Waals surface area contributed by atoms with Gasteiger partial charge in [0.2, 0.25) is 5.56 Å². The van der Waals surface area contributed by atoms with E-state index in [1.807, 2.05) is 0 Å². The van der Waals surface area contributed by atoms with Crippen molar-refractivity contribution in [3.8, 4) is 12.3 Å². The van der Waals surface area contributed by atoms with Gasteiger partial charge in [-0.15, -0.1) is 12.3 Å². The molecule has 52 valence electrons. The average molecular weight is 135 g/mol. The zero-order valence-corrected chi connectivity index (χ0v) is 5.79. The third-order valence-corrected chi connectivity index (χ3v) is 0.681. The standard InChI is InChI=1S/C5H5NO.C3H4/c7-5-3-1-2-4-6-5;1-3-2/h1-4H,(H,6,7);1H,2H3. The Morgan fingerprint density at radius 3 is 2.40 bits per heavy atom. The van der Waals surface area contributed by atoms with Crippen molar-refractivity contribution in [3.63, 3.8) is 0 Å². The van der Waals surface area contributed by atoms with Gasteiger partial charge in [0.25, 0.3) is 0 Å². The maximum absolute atomic E-state index is 10.2. The van der Waals surface area contributed by atoms with Crippen molar-refractivity contribution in [2.75, 3.05) is 0 Å². The van der Waals surface area contributed by atoms with E-state index in [2.05, 4.69) is 17.3 Å². The molecule has 0 aromatic carbocycles. The van der Waals surface area contributed by atoms with Crippen LogP contribution in [0.3, 0.4) is 0 Å². The normalized spacial score (nSPS) is 6.80. The van der Waals surface area contributed by atoms with Gasteiger partial charge in [-0.25, -0.2) is 0 Å². The number of hydrogen-bond acceptors (Lipinski definition) is 1. The topological polar surface area (TPSA) is 32.9 Å². The Morgan fingerprint density at radius 2 is 2.20 bits per heavy atom. The van der Waals surface area contributed by atoms with Gasteiger partial charge in [-0.1, -0.05) is 6.07 Å². The Bertz CT molecular complexity index is 239. The predicted molar refractivity (Wildman–Crippen MR) is 41.6 cm³/mol. The smallest absolute Gasteiger partial charge is 0.247 e. The lowest BCUT2D eigenvalue weighted by Gasteiger charge is -1.73. The van der Waals surface area contributed by atoms with Gasteiger partial charge in [-0.2, -0.15) is 0 Å². The molecule has 1 N–H and O–H groups in total. The summed E-state index contributed by atoms with van der Waals surface area (Å²) in [5.74, 6) is 2.25. The molecule has 0 saturated carbocycles. The van der Waals surface area contributed by atoms with Crippen LogP contribution in [0.2, 0.25) is 0 Å². The second-order valence-corrected chi connectivity index (χ2v) is 1.52. The summed E-state index contributed by atoms with van der Waals surface area (Å²) >= 11 is 0. The van der Waals surface area contributed by atoms with Crippen molar-refractivity contribution in [3.05, 3.63) is 34.7 Å². The number of aromatic amines is 1. The fourth-order valence-electron chi connectivity index (χ4n) is 0.377. The summed E-state index contributed by atoms with van der Waals surface area (Å²) in [7, 11) is 0. The summed E-state index contributed by atoms with van der Waals surface area (Å²) in [6.45, 7) is 1.65. The van der Waals surface area contributed by atoms with Crippen molar-refractivity contribution in [2.24, 2.45) is 0 Å². The van der Waals surface area contributed by atoms with Crippen molar-refractivity contribution in [1.29, 1.82) is 0 Å². The van der Waals surface area contributed by atoms with Gasteiger partial charge in [0.05, 0.1) is 0 Å². The van der Waals surface area contributed by atoms with E-state index in [0.29, 0.717) is 0 Å². The Balaban J connectivity index is 0.000000236. The summed E-state index contributed by atoms with van der Waals surface area (Å²) in [5.41, 5.74) is -0.0532. The van der Waals surface area contributed by atoms with E-state index in [1.54, 1.807) is 25.3 Å². The number of pyridine rings is 1. The van der Waals surface area contributed by atoms with Crippen molar-refractivity contribution in [2.45, 2.75) is 6.92 Å². The largest absolute Gasteiger partial charge is 0.329 e. The Hall–Kier alpha value is -1.49. The first kappa shape index (κ1) is 8.51. The van der Waals surface area contributed by atoms with Gasteiger partial charge < -0.3 is 4.98 Å². The van der Waals surface area contributed by atoms with Gasteiger partial charge in [0.15, 0.2) is 0 Å². The highest BCUT2D eigenvalue weighted by molar-refractivity contribution is 4.89. The van der Waals surface area contributed by atoms with Gasteiger partial charge in [0, 0.05) is 12.3 Å². The number of hydrogen-bond donors (Lipinski definition) is 1. The highest BCUT2D eigenvalue weighted by Gasteiger charge is 1.69. The molecule has 0 spiro atoms. The van der Waals surface area contributed by atoms with E-state index < -0.39 is 0 Å². The van der Waals surface area contributed by atoms with Crippen LogP contribution >= 0.6 is 0 Å². The molecule has 1 heterocycles. The molecule has 0 bridgehead atoms. The number of terminal acetylenes is 1. The zero-order valence-electron chi connectivity index (χ0n) is 5.79. The Morgan fingerprint density at radius 1 is 1.60 bits per heavy atom. The van der Waals surface area contributed by atoms with Crippen LogP contribution in [-0.2, 0) is 0 Å². The summed E-state index contributed by atoms with van der Waals surface area (Å²) in [6, 6.07) is 4.93. The highest BCUT2D eigenvalue weighted by Crippen LogP contribution is 1.67. The number of H-pyrrole nitrogens is 1. The third-order valence-electron chi connectivity index (χ3n) is 0.681. The fraction of sp³-hybridized carbons (Fsp3) is 0.125. The second kappa shape index (κ2) is 5.64. The van der Waals surface area contributed by atoms with E-state index in [4.69, 9.17) is 0 Å². The van der Waals surface area contributed by atoms with Gasteiger partial charge in [-0.05, 0) is 13.0 Å². The van der Waals surface area contributed by atoms with Crippen LogP contribution in [0.1, 0.15) is 6.92 Å². The fourth-order valence-corrected chi connectivity index (χ4v) is 0.377. The van der Waals surface area contributed by atoms with Gasteiger partial charge >= 0.3 is 0 Å². The monoisotopic (exact) mass is 135 g/mol. The molecule has 0 aliphatic heterocycles. The molecule has 0 saturated heterocycles. The summed E-state index contributed by atoms with van der Waals surface area (Å²) < 4.78 is 0. The number of rotatable bonds is 0. The van der Waals surface area contributed by atoms with E-state index in [-0.39, 0.29) is 5.56 Å². The lowest BCUT2D eigenvalue weighted by Crippen LogP contribution is -1.98. The predicted octanol–water partition coefficient (Wildman–Crippen LogP) is 1.01. The first-order valence-corrected chi connectivity index (χ1v) is 2.82. The molecular weight excluding hydrogens is 126 g/mol. The molecule has 1 aromatic rings. The minimum Gasteiger partial charge on any atom is -0.329 e. The van der Waals surface area contributed by atoms with E-state index in [1.165, 1.54) is 6.07 Å². The van der Waals surface area contributed by atoms with Crippen LogP contribution in [0, 0.1) is 12.3 Å². The number of aromatic nitrogens is 1. The van der Waals surface area contributed by atoms with Gasteiger partial charge in [-0.3, -0.25) is 4.79 Å². The quantitative estimate of drug-likeness (QED) is 0.529.